The molecule has 0 radical (unpaired) electrons. The van der Waals surface area contributed by atoms with Crippen LogP contribution in [0.1, 0.15) is 42.2 Å². The Kier molecular flexibility index (Phi) is 4.97. The molecule has 0 fully saturated rings. The van der Waals surface area contributed by atoms with E-state index in [0.717, 1.165) is 16.7 Å². The van der Waals surface area contributed by atoms with Crippen LogP contribution in [-0.2, 0) is 11.2 Å². The van der Waals surface area contributed by atoms with Gasteiger partial charge in [0.25, 0.3) is 0 Å². The van der Waals surface area contributed by atoms with Gasteiger partial charge in [0.15, 0.2) is 0 Å². The third-order valence-electron chi connectivity index (χ3n) is 5.76. The van der Waals surface area contributed by atoms with Crippen LogP contribution >= 0.6 is 0 Å². The number of aliphatic hydroxyl groups excluding tert-OH is 1. The van der Waals surface area contributed by atoms with Crippen molar-refractivity contribution in [2.24, 2.45) is 4.99 Å². The Bertz CT molecular complexity index is 1230. The van der Waals surface area contributed by atoms with Gasteiger partial charge in [-0.15, -0.1) is 0 Å². The van der Waals surface area contributed by atoms with Crippen molar-refractivity contribution in [1.29, 1.82) is 0 Å². The normalized spacial score (nSPS) is 19.1. The van der Waals surface area contributed by atoms with Crippen molar-refractivity contribution in [3.05, 3.63) is 106 Å². The van der Waals surface area contributed by atoms with Crippen molar-refractivity contribution in [3.8, 4) is 5.75 Å². The van der Waals surface area contributed by atoms with Gasteiger partial charge >= 0.3 is 0 Å². The van der Waals surface area contributed by atoms with Crippen molar-refractivity contribution in [1.82, 2.24) is 0 Å². The predicted molar refractivity (Wildman–Crippen MR) is 122 cm³/mol. The van der Waals surface area contributed by atoms with Gasteiger partial charge in [-0.3, -0.25) is 0 Å². The van der Waals surface area contributed by atoms with E-state index in [4.69, 9.17) is 14.5 Å². The third-order valence-corrected chi connectivity index (χ3v) is 5.76. The minimum absolute atomic E-state index is 0.0809. The standard InChI is InChI=1S/C27H24FNO3/c1-27(2)16-31-26(29-27)19-12-7-6-11-18(19)25-20(15-17-9-4-3-5-10-17)24(30)23-21(28)13-8-14-22(23)32-25/h3-14,25,30H,15-16H2,1-2H3. The summed E-state index contributed by atoms with van der Waals surface area (Å²) in [6.45, 7) is 4.53. The summed E-state index contributed by atoms with van der Waals surface area (Å²) >= 11 is 0. The summed E-state index contributed by atoms with van der Waals surface area (Å²) in [7, 11) is 0. The van der Waals surface area contributed by atoms with Crippen LogP contribution in [0.25, 0.3) is 5.76 Å². The van der Waals surface area contributed by atoms with Crippen LogP contribution in [0.2, 0.25) is 0 Å². The minimum Gasteiger partial charge on any atom is -0.507 e. The van der Waals surface area contributed by atoms with Crippen LogP contribution in [0.3, 0.4) is 0 Å². The topological polar surface area (TPSA) is 51.0 Å². The van der Waals surface area contributed by atoms with Gasteiger partial charge in [-0.2, -0.15) is 0 Å². The minimum atomic E-state index is -0.615. The highest BCUT2D eigenvalue weighted by molar-refractivity contribution is 5.97. The molecule has 0 saturated carbocycles. The second kappa shape index (κ2) is 7.83. The second-order valence-electron chi connectivity index (χ2n) is 8.75. The maximum atomic E-state index is 14.7. The molecule has 0 saturated heterocycles. The van der Waals surface area contributed by atoms with Gasteiger partial charge in [0, 0.05) is 23.1 Å². The lowest BCUT2D eigenvalue weighted by molar-refractivity contribution is 0.224. The third kappa shape index (κ3) is 3.64. The van der Waals surface area contributed by atoms with Crippen LogP contribution in [0.5, 0.6) is 5.75 Å². The Morgan fingerprint density at radius 2 is 1.75 bits per heavy atom. The zero-order valence-corrected chi connectivity index (χ0v) is 18.0. The van der Waals surface area contributed by atoms with E-state index in [2.05, 4.69) is 0 Å². The summed E-state index contributed by atoms with van der Waals surface area (Å²) in [6.07, 6.45) is -0.200. The summed E-state index contributed by atoms with van der Waals surface area (Å²) in [4.78, 5) is 4.73. The lowest BCUT2D eigenvalue weighted by Crippen LogP contribution is -2.22. The van der Waals surface area contributed by atoms with E-state index in [0.29, 0.717) is 30.2 Å². The molecule has 2 aliphatic heterocycles. The Hall–Kier alpha value is -3.60. The highest BCUT2D eigenvalue weighted by Crippen LogP contribution is 2.44. The first-order valence-electron chi connectivity index (χ1n) is 10.7. The Morgan fingerprint density at radius 1 is 1.00 bits per heavy atom. The molecule has 162 valence electrons. The number of nitrogens with zero attached hydrogens (tertiary/aromatic N) is 1. The summed E-state index contributed by atoms with van der Waals surface area (Å²) < 4.78 is 26.9. The molecule has 0 aromatic heterocycles. The van der Waals surface area contributed by atoms with Gasteiger partial charge in [-0.1, -0.05) is 54.6 Å². The smallest absolute Gasteiger partial charge is 0.217 e. The number of halogens is 1. The van der Waals surface area contributed by atoms with Gasteiger partial charge in [0.05, 0.1) is 11.1 Å². The molecule has 0 aliphatic carbocycles. The first-order valence-corrected chi connectivity index (χ1v) is 10.7. The Labute approximate surface area is 186 Å². The van der Waals surface area contributed by atoms with Crippen molar-refractivity contribution >= 4 is 11.7 Å². The van der Waals surface area contributed by atoms with Crippen molar-refractivity contribution in [3.63, 3.8) is 0 Å². The Balaban J connectivity index is 1.66. The lowest BCUT2D eigenvalue weighted by Gasteiger charge is -2.31. The fourth-order valence-electron chi connectivity index (χ4n) is 4.20. The van der Waals surface area contributed by atoms with E-state index in [-0.39, 0.29) is 16.9 Å². The average Bonchev–Trinajstić information content (AvgIpc) is 3.16. The maximum absolute atomic E-state index is 14.7. The number of fused-ring (bicyclic) bond motifs is 1. The molecule has 2 aliphatic rings. The molecule has 0 bridgehead atoms. The van der Waals surface area contributed by atoms with Crippen LogP contribution in [0.15, 0.2) is 83.4 Å². The van der Waals surface area contributed by atoms with Gasteiger partial charge in [0.2, 0.25) is 5.90 Å². The second-order valence-corrected chi connectivity index (χ2v) is 8.75. The molecule has 3 aromatic carbocycles. The van der Waals surface area contributed by atoms with E-state index in [1.807, 2.05) is 68.4 Å². The van der Waals surface area contributed by atoms with E-state index in [1.54, 1.807) is 12.1 Å². The molecule has 0 spiro atoms. The molecule has 5 heteroatoms. The van der Waals surface area contributed by atoms with Crippen LogP contribution < -0.4 is 4.74 Å². The number of hydrogen-bond acceptors (Lipinski definition) is 4. The van der Waals surface area contributed by atoms with E-state index in [9.17, 15) is 9.50 Å². The SMILES string of the molecule is CC1(C)COC(c2ccccc2C2Oc3cccc(F)c3C(O)=C2Cc2ccccc2)=N1. The maximum Gasteiger partial charge on any atom is 0.217 e. The molecule has 1 atom stereocenters. The number of aliphatic imine (C=N–C) groups is 1. The summed E-state index contributed by atoms with van der Waals surface area (Å²) in [5.74, 6) is 0.275. The van der Waals surface area contributed by atoms with E-state index >= 15 is 0 Å². The van der Waals surface area contributed by atoms with Crippen LogP contribution in [0.4, 0.5) is 4.39 Å². The van der Waals surface area contributed by atoms with Crippen molar-refractivity contribution in [2.45, 2.75) is 31.9 Å². The van der Waals surface area contributed by atoms with Crippen molar-refractivity contribution < 1.29 is 19.0 Å². The zero-order valence-electron chi connectivity index (χ0n) is 18.0. The number of aliphatic hydroxyl groups is 1. The molecular weight excluding hydrogens is 405 g/mol. The molecule has 1 N–H and O–H groups in total. The van der Waals surface area contributed by atoms with Gasteiger partial charge in [0.1, 0.15) is 30.0 Å². The number of benzene rings is 3. The first kappa shape index (κ1) is 20.3. The molecule has 32 heavy (non-hydrogen) atoms. The van der Waals surface area contributed by atoms with E-state index < -0.39 is 11.9 Å². The fourth-order valence-corrected chi connectivity index (χ4v) is 4.20. The molecule has 3 aromatic rings. The lowest BCUT2D eigenvalue weighted by atomic mass is 9.88. The van der Waals surface area contributed by atoms with Gasteiger partial charge in [-0.25, -0.2) is 9.38 Å². The van der Waals surface area contributed by atoms with E-state index in [1.165, 1.54) is 6.07 Å². The molecule has 2 heterocycles. The highest BCUT2D eigenvalue weighted by Gasteiger charge is 2.35. The van der Waals surface area contributed by atoms with Crippen molar-refractivity contribution in [2.75, 3.05) is 6.61 Å². The van der Waals surface area contributed by atoms with Gasteiger partial charge < -0.3 is 14.6 Å². The summed E-state index contributed by atoms with van der Waals surface area (Å²) in [6, 6.07) is 22.1. The molecular formula is C27H24FNO3. The molecule has 4 nitrogen and oxygen atoms in total. The molecule has 5 rings (SSSR count). The Morgan fingerprint density at radius 3 is 2.50 bits per heavy atom. The number of ether oxygens (including phenoxy) is 2. The fraction of sp³-hybridized carbons (Fsp3) is 0.222. The van der Waals surface area contributed by atoms with Gasteiger partial charge in [-0.05, 0) is 37.6 Å². The highest BCUT2D eigenvalue weighted by atomic mass is 19.1. The monoisotopic (exact) mass is 429 g/mol. The number of hydrogen-bond donors (Lipinski definition) is 1. The number of rotatable bonds is 4. The quantitative estimate of drug-likeness (QED) is 0.551. The summed E-state index contributed by atoms with van der Waals surface area (Å²) in [5, 5.41) is 11.2. The summed E-state index contributed by atoms with van der Waals surface area (Å²) in [5.41, 5.74) is 3.01. The predicted octanol–water partition coefficient (Wildman–Crippen LogP) is 6.03. The first-order chi connectivity index (χ1) is 15.4. The largest absolute Gasteiger partial charge is 0.507 e. The molecule has 1 unspecified atom stereocenters. The average molecular weight is 429 g/mol. The van der Waals surface area contributed by atoms with Crippen LogP contribution in [-0.4, -0.2) is 23.2 Å². The van der Waals surface area contributed by atoms with Crippen LogP contribution in [0, 0.1) is 5.82 Å². The molecule has 0 amide bonds. The zero-order chi connectivity index (χ0) is 22.3.